The molecule has 0 amide bonds. The largest absolute Gasteiger partial charge is 0.438 e. The first-order valence-corrected chi connectivity index (χ1v) is 27.3. The molecule has 0 heterocycles. The van der Waals surface area contributed by atoms with Crippen LogP contribution in [0.15, 0.2) is 0 Å². The quantitative estimate of drug-likeness (QED) is 0.0491. The van der Waals surface area contributed by atoms with Crippen molar-refractivity contribution in [1.29, 1.82) is 0 Å². The van der Waals surface area contributed by atoms with Crippen LogP contribution in [-0.2, 0) is 61.9 Å². The molecule has 0 aliphatic heterocycles. The minimum atomic E-state index is -0.469. The van der Waals surface area contributed by atoms with Crippen LogP contribution in [0, 0.1) is 45.3 Å². The van der Waals surface area contributed by atoms with Gasteiger partial charge < -0.3 is 37.9 Å². The van der Waals surface area contributed by atoms with Gasteiger partial charge in [-0.25, -0.2) is 0 Å². The lowest BCUT2D eigenvalue weighted by atomic mass is 9.54. The SMILES string of the molecule is C.C.C.C.C.C.C.C.CCC(C)(C)C(=O)OCOC1C2CC3CC(C2)C(=O)C1C3.CCC(C)(C)C(=O)OCOC1CCCC1.CCC(C)(C)C(=O)OCOC1CCCCC1.CCC(C)(C)C(=O)OCOC1CCCCCC1. The number of carbonyl (C=O) groups is 5. The van der Waals surface area contributed by atoms with Gasteiger partial charge in [0.15, 0.2) is 27.2 Å². The van der Waals surface area contributed by atoms with Crippen LogP contribution in [0.2, 0.25) is 0 Å². The van der Waals surface area contributed by atoms with Crippen LogP contribution in [0.25, 0.3) is 0 Å². The van der Waals surface area contributed by atoms with Gasteiger partial charge in [0.25, 0.3) is 0 Å². The summed E-state index contributed by atoms with van der Waals surface area (Å²) >= 11 is 0. The van der Waals surface area contributed by atoms with Crippen LogP contribution in [0.1, 0.15) is 290 Å². The Morgan fingerprint density at radius 3 is 0.961 bits per heavy atom. The molecule has 7 saturated carbocycles. The second kappa shape index (κ2) is 42.3. The summed E-state index contributed by atoms with van der Waals surface area (Å²) in [6, 6.07) is 0. The smallest absolute Gasteiger partial charge is 0.313 e. The number of carbonyl (C=O) groups excluding carboxylic acids is 5. The third-order valence-corrected chi connectivity index (χ3v) is 16.4. The summed E-state index contributed by atoms with van der Waals surface area (Å²) < 4.78 is 43.2. The minimum Gasteiger partial charge on any atom is -0.438 e. The topological polar surface area (TPSA) is 159 Å². The van der Waals surface area contributed by atoms with Gasteiger partial charge in [0.2, 0.25) is 0 Å². The highest BCUT2D eigenvalue weighted by Crippen LogP contribution is 2.53. The van der Waals surface area contributed by atoms with Crippen molar-refractivity contribution in [3.8, 4) is 0 Å². The summed E-state index contributed by atoms with van der Waals surface area (Å²) in [5.41, 5.74) is -1.65. The predicted molar refractivity (Wildman–Crippen MR) is 320 cm³/mol. The Labute approximate surface area is 476 Å². The highest BCUT2D eigenvalue weighted by Gasteiger charge is 2.54. The van der Waals surface area contributed by atoms with Crippen LogP contribution in [0.3, 0.4) is 0 Å². The summed E-state index contributed by atoms with van der Waals surface area (Å²) in [7, 11) is 0. The average Bonchev–Trinajstić information content (AvgIpc) is 3.73. The molecule has 7 fully saturated rings. The predicted octanol–water partition coefficient (Wildman–Crippen LogP) is 17.9. The molecule has 0 saturated heterocycles. The fourth-order valence-electron chi connectivity index (χ4n) is 9.60. The van der Waals surface area contributed by atoms with Crippen molar-refractivity contribution >= 4 is 29.7 Å². The fraction of sp³-hybridized carbons (Fsp3) is 0.922. The van der Waals surface area contributed by atoms with E-state index in [2.05, 4.69) is 0 Å². The zero-order valence-electron chi connectivity index (χ0n) is 45.5. The van der Waals surface area contributed by atoms with Gasteiger partial charge in [-0.15, -0.1) is 0 Å². The molecule has 7 aliphatic carbocycles. The van der Waals surface area contributed by atoms with Crippen molar-refractivity contribution in [2.45, 2.75) is 315 Å². The van der Waals surface area contributed by atoms with Gasteiger partial charge in [-0.2, -0.15) is 0 Å². The number of hydrogen-bond donors (Lipinski definition) is 0. The first-order valence-electron chi connectivity index (χ1n) is 27.3. The van der Waals surface area contributed by atoms with E-state index < -0.39 is 16.2 Å². The molecule has 5 unspecified atom stereocenters. The van der Waals surface area contributed by atoms with Crippen molar-refractivity contribution in [2.75, 3.05) is 27.2 Å². The maximum Gasteiger partial charge on any atom is 0.313 e. The van der Waals surface area contributed by atoms with E-state index in [1.54, 1.807) is 0 Å². The van der Waals surface area contributed by atoms with E-state index >= 15 is 0 Å². The fourth-order valence-corrected chi connectivity index (χ4v) is 9.60. The molecular weight excluding hydrogens is 977 g/mol. The van der Waals surface area contributed by atoms with Gasteiger partial charge in [-0.3, -0.25) is 24.0 Å². The second-order valence-corrected chi connectivity index (χ2v) is 23.3. The Hall–Kier alpha value is -2.61. The summed E-state index contributed by atoms with van der Waals surface area (Å²) in [4.78, 5) is 59.1. The highest BCUT2D eigenvalue weighted by atomic mass is 16.7. The molecule has 0 spiro atoms. The Bertz CT molecular complexity index is 1540. The third-order valence-electron chi connectivity index (χ3n) is 16.4. The number of esters is 4. The molecule has 77 heavy (non-hydrogen) atoms. The normalized spacial score (nSPS) is 21.8. The van der Waals surface area contributed by atoms with Gasteiger partial charge in [-0.05, 0) is 157 Å². The van der Waals surface area contributed by atoms with Crippen LogP contribution >= 0.6 is 0 Å². The third kappa shape index (κ3) is 29.1. The van der Waals surface area contributed by atoms with E-state index in [0.29, 0.717) is 23.9 Å². The molecule has 0 radical (unpaired) electrons. The summed E-state index contributed by atoms with van der Waals surface area (Å²) in [6.45, 7) is 23.4. The van der Waals surface area contributed by atoms with Crippen LogP contribution in [0.4, 0.5) is 0 Å². The molecule has 0 aromatic heterocycles. The van der Waals surface area contributed by atoms with Crippen molar-refractivity contribution in [1.82, 2.24) is 0 Å². The molecule has 0 aromatic carbocycles. The number of hydrogen-bond acceptors (Lipinski definition) is 13. The number of Topliss-reactive ketones (excluding diaryl/α,β-unsaturated/α-hetero) is 1. The Morgan fingerprint density at radius 1 is 0.390 bits per heavy atom. The molecular formula is C64H130O13. The summed E-state index contributed by atoms with van der Waals surface area (Å²) in [6.07, 6.45) is 26.2. The van der Waals surface area contributed by atoms with E-state index in [0.717, 1.165) is 89.4 Å². The Kier molecular flexibility index (Phi) is 47.0. The minimum absolute atomic E-state index is 0. The number of ether oxygens (including phenoxy) is 8. The summed E-state index contributed by atoms with van der Waals surface area (Å²) in [5, 5.41) is 0. The Balaban J connectivity index is -0.000000213. The van der Waals surface area contributed by atoms with Crippen LogP contribution < -0.4 is 0 Å². The van der Waals surface area contributed by atoms with Gasteiger partial charge >= 0.3 is 23.9 Å². The Morgan fingerprint density at radius 2 is 0.662 bits per heavy atom. The molecule has 13 nitrogen and oxygen atoms in total. The number of ketones is 1. The van der Waals surface area contributed by atoms with E-state index in [1.807, 2.05) is 83.1 Å². The van der Waals surface area contributed by atoms with E-state index in [1.165, 1.54) is 64.2 Å². The molecule has 7 rings (SSSR count). The molecule has 7 aliphatic rings. The van der Waals surface area contributed by atoms with E-state index in [9.17, 15) is 24.0 Å². The lowest BCUT2D eigenvalue weighted by Gasteiger charge is -2.52. The van der Waals surface area contributed by atoms with Gasteiger partial charge in [0.05, 0.1) is 46.1 Å². The van der Waals surface area contributed by atoms with Crippen molar-refractivity contribution < 1.29 is 61.9 Å². The lowest BCUT2D eigenvalue weighted by molar-refractivity contribution is -0.193. The standard InChI is InChI=1S/C17H26O4.C14H26O3.C13H24O3.C12H22O3.8CH4/c1-4-17(2,3)16(19)21-9-20-15-12-6-10-5-11(8-12)14(18)13(15)7-10;1-4-14(2,3)13(15)17-11-16-12-9-7-5-6-8-10-12;1-4-13(2,3)12(14)16-10-15-11-8-6-5-7-9-11;1-4-12(2,3)11(13)15-9-14-10-7-5-6-8-10;;;;;;;;/h10-13,15H,4-9H2,1-3H3;12H,4-11H2,1-3H3;11H,4-10H2,1-3H3;10H,4-9H2,1-3H3;8*1H4. The summed E-state index contributed by atoms with van der Waals surface area (Å²) in [5.74, 6) is 1.24. The maximum absolute atomic E-state index is 12.3. The monoisotopic (exact) mass is 1110 g/mol. The van der Waals surface area contributed by atoms with Crippen LogP contribution in [0.5, 0.6) is 0 Å². The molecule has 5 atom stereocenters. The molecule has 0 N–H and O–H groups in total. The van der Waals surface area contributed by atoms with Crippen LogP contribution in [-0.4, -0.2) is 81.2 Å². The van der Waals surface area contributed by atoms with Crippen molar-refractivity contribution in [2.24, 2.45) is 45.3 Å². The molecule has 0 aromatic rings. The van der Waals surface area contributed by atoms with E-state index in [4.69, 9.17) is 37.9 Å². The average molecular weight is 1110 g/mol. The van der Waals surface area contributed by atoms with Gasteiger partial charge in [0, 0.05) is 11.8 Å². The van der Waals surface area contributed by atoms with E-state index in [-0.39, 0.29) is 140 Å². The molecule has 13 heteroatoms. The molecule has 464 valence electrons. The lowest BCUT2D eigenvalue weighted by Crippen LogP contribution is -2.55. The first kappa shape index (κ1) is 85.7. The second-order valence-electron chi connectivity index (χ2n) is 23.3. The first-order chi connectivity index (χ1) is 32.6. The zero-order valence-corrected chi connectivity index (χ0v) is 45.5. The van der Waals surface area contributed by atoms with Crippen molar-refractivity contribution in [3.63, 3.8) is 0 Å². The van der Waals surface area contributed by atoms with Gasteiger partial charge in [-0.1, -0.05) is 145 Å². The highest BCUT2D eigenvalue weighted by molar-refractivity contribution is 5.86. The zero-order chi connectivity index (χ0) is 51.3. The molecule has 4 bridgehead atoms. The number of rotatable bonds is 20. The van der Waals surface area contributed by atoms with Crippen molar-refractivity contribution in [3.05, 3.63) is 0 Å². The maximum atomic E-state index is 12.3. The van der Waals surface area contributed by atoms with Gasteiger partial charge in [0.1, 0.15) is 5.78 Å².